The number of rotatable bonds is 5. The van der Waals surface area contributed by atoms with Gasteiger partial charge in [-0.1, -0.05) is 29.8 Å². The fourth-order valence-electron chi connectivity index (χ4n) is 2.83. The van der Waals surface area contributed by atoms with Gasteiger partial charge in [-0.3, -0.25) is 9.78 Å². The van der Waals surface area contributed by atoms with E-state index in [-0.39, 0.29) is 11.6 Å². The minimum Gasteiger partial charge on any atom is -0.289 e. The molecule has 0 saturated carbocycles. The van der Waals surface area contributed by atoms with Crippen LogP contribution in [0.1, 0.15) is 15.9 Å². The van der Waals surface area contributed by atoms with Crippen molar-refractivity contribution in [2.45, 2.75) is 0 Å². The minimum absolute atomic E-state index is 0.214. The highest BCUT2D eigenvalue weighted by molar-refractivity contribution is 6.30. The first kappa shape index (κ1) is 18.8. The first-order chi connectivity index (χ1) is 14.1. The van der Waals surface area contributed by atoms with Crippen molar-refractivity contribution in [1.29, 1.82) is 0 Å². The van der Waals surface area contributed by atoms with E-state index in [0.717, 1.165) is 16.8 Å². The summed E-state index contributed by atoms with van der Waals surface area (Å²) in [5.74, 6) is -0.537. The number of aromatic nitrogens is 3. The summed E-state index contributed by atoms with van der Waals surface area (Å²) in [7, 11) is 0. The summed E-state index contributed by atoms with van der Waals surface area (Å²) in [5.41, 5.74) is 3.21. The molecule has 0 amide bonds. The average Bonchev–Trinajstić information content (AvgIpc) is 3.20. The molecule has 2 aromatic heterocycles. The third-order valence-corrected chi connectivity index (χ3v) is 4.55. The number of halogens is 2. The van der Waals surface area contributed by atoms with Gasteiger partial charge in [0, 0.05) is 29.2 Å². The van der Waals surface area contributed by atoms with Crippen LogP contribution in [0.2, 0.25) is 5.02 Å². The molecule has 142 valence electrons. The monoisotopic (exact) mass is 403 g/mol. The summed E-state index contributed by atoms with van der Waals surface area (Å²) >= 11 is 5.97. The standard InChI is InChI=1S/C23H15ClFN3O/c24-18-6-10-20(11-7-18)28-15-21(23(27-28)17-2-1-13-26-14-17)22(29)12-5-16-3-8-19(25)9-4-16/h1-15H. The smallest absolute Gasteiger partial charge is 0.189 e. The molecule has 0 radical (unpaired) electrons. The number of carbonyl (C=O) groups excluding carboxylic acids is 1. The van der Waals surface area contributed by atoms with Crippen LogP contribution >= 0.6 is 11.6 Å². The predicted octanol–water partition coefficient (Wildman–Crippen LogP) is 5.62. The fraction of sp³-hybridized carbons (Fsp3) is 0. The first-order valence-corrected chi connectivity index (χ1v) is 9.22. The molecule has 29 heavy (non-hydrogen) atoms. The summed E-state index contributed by atoms with van der Waals surface area (Å²) in [6, 6.07) is 16.7. The summed E-state index contributed by atoms with van der Waals surface area (Å²) in [6.07, 6.45) is 8.11. The van der Waals surface area contributed by atoms with Crippen molar-refractivity contribution in [3.05, 3.63) is 107 Å². The summed E-state index contributed by atoms with van der Waals surface area (Å²) in [5, 5.41) is 5.21. The molecular formula is C23H15ClFN3O. The highest BCUT2D eigenvalue weighted by Gasteiger charge is 2.17. The Morgan fingerprint density at radius 2 is 1.79 bits per heavy atom. The van der Waals surface area contributed by atoms with Gasteiger partial charge in [-0.25, -0.2) is 9.07 Å². The van der Waals surface area contributed by atoms with E-state index < -0.39 is 0 Å². The zero-order valence-electron chi connectivity index (χ0n) is 15.2. The van der Waals surface area contributed by atoms with Gasteiger partial charge in [-0.05, 0) is 60.2 Å². The van der Waals surface area contributed by atoms with E-state index in [9.17, 15) is 9.18 Å². The van der Waals surface area contributed by atoms with E-state index in [2.05, 4.69) is 10.1 Å². The topological polar surface area (TPSA) is 47.8 Å². The molecule has 0 spiro atoms. The number of carbonyl (C=O) groups is 1. The molecule has 6 heteroatoms. The Balaban J connectivity index is 1.73. The molecule has 0 N–H and O–H groups in total. The van der Waals surface area contributed by atoms with Crippen LogP contribution in [0.3, 0.4) is 0 Å². The Kier molecular flexibility index (Phi) is 5.31. The molecule has 0 aliphatic carbocycles. The van der Waals surface area contributed by atoms with Gasteiger partial charge in [0.1, 0.15) is 11.5 Å². The minimum atomic E-state index is -0.323. The van der Waals surface area contributed by atoms with Crippen LogP contribution in [-0.2, 0) is 0 Å². The quantitative estimate of drug-likeness (QED) is 0.321. The Morgan fingerprint density at radius 1 is 1.03 bits per heavy atom. The molecule has 0 fully saturated rings. The van der Waals surface area contributed by atoms with Crippen molar-refractivity contribution in [3.8, 4) is 16.9 Å². The highest BCUT2D eigenvalue weighted by Crippen LogP contribution is 2.24. The van der Waals surface area contributed by atoms with Crippen molar-refractivity contribution >= 4 is 23.5 Å². The molecule has 0 aliphatic rings. The lowest BCUT2D eigenvalue weighted by molar-refractivity contribution is 0.104. The maximum atomic E-state index is 13.1. The largest absolute Gasteiger partial charge is 0.289 e. The van der Waals surface area contributed by atoms with E-state index in [4.69, 9.17) is 11.6 Å². The number of hydrogen-bond acceptors (Lipinski definition) is 3. The lowest BCUT2D eigenvalue weighted by atomic mass is 10.1. The number of ketones is 1. The van der Waals surface area contributed by atoms with Crippen LogP contribution in [0.25, 0.3) is 23.0 Å². The highest BCUT2D eigenvalue weighted by atomic mass is 35.5. The van der Waals surface area contributed by atoms with Crippen LogP contribution in [0.15, 0.2) is 85.3 Å². The van der Waals surface area contributed by atoms with E-state index in [0.29, 0.717) is 16.3 Å². The van der Waals surface area contributed by atoms with Gasteiger partial charge in [0.05, 0.1) is 11.3 Å². The molecule has 4 rings (SSSR count). The molecule has 4 aromatic rings. The zero-order valence-corrected chi connectivity index (χ0v) is 15.9. The fourth-order valence-corrected chi connectivity index (χ4v) is 2.96. The summed E-state index contributed by atoms with van der Waals surface area (Å²) in [6.45, 7) is 0. The second kappa shape index (κ2) is 8.20. The van der Waals surface area contributed by atoms with Crippen molar-refractivity contribution in [1.82, 2.24) is 14.8 Å². The zero-order chi connectivity index (χ0) is 20.2. The van der Waals surface area contributed by atoms with Gasteiger partial charge < -0.3 is 0 Å². The van der Waals surface area contributed by atoms with Crippen molar-refractivity contribution in [2.75, 3.05) is 0 Å². The molecule has 0 atom stereocenters. The normalized spacial score (nSPS) is 11.1. The molecular weight excluding hydrogens is 389 g/mol. The molecule has 2 aromatic carbocycles. The van der Waals surface area contributed by atoms with Crippen LogP contribution in [0, 0.1) is 5.82 Å². The third kappa shape index (κ3) is 4.31. The second-order valence-corrected chi connectivity index (χ2v) is 6.74. The maximum Gasteiger partial charge on any atom is 0.189 e. The Hall–Kier alpha value is -3.57. The molecule has 0 unspecified atom stereocenters. The molecule has 0 aliphatic heterocycles. The number of pyridine rings is 1. The lowest BCUT2D eigenvalue weighted by Gasteiger charge is -2.00. The van der Waals surface area contributed by atoms with Gasteiger partial charge in [-0.2, -0.15) is 5.10 Å². The number of hydrogen-bond donors (Lipinski definition) is 0. The van der Waals surface area contributed by atoms with Crippen molar-refractivity contribution < 1.29 is 9.18 Å². The number of benzene rings is 2. The Bertz CT molecular complexity index is 1170. The van der Waals surface area contributed by atoms with Gasteiger partial charge in [0.15, 0.2) is 5.78 Å². The van der Waals surface area contributed by atoms with E-state index in [1.54, 1.807) is 59.7 Å². The Morgan fingerprint density at radius 3 is 2.48 bits per heavy atom. The first-order valence-electron chi connectivity index (χ1n) is 8.84. The van der Waals surface area contributed by atoms with Crippen LogP contribution in [-0.4, -0.2) is 20.5 Å². The second-order valence-electron chi connectivity index (χ2n) is 6.30. The van der Waals surface area contributed by atoms with E-state index >= 15 is 0 Å². The molecule has 0 saturated heterocycles. The van der Waals surface area contributed by atoms with Gasteiger partial charge in [0.25, 0.3) is 0 Å². The van der Waals surface area contributed by atoms with Crippen LogP contribution < -0.4 is 0 Å². The van der Waals surface area contributed by atoms with Gasteiger partial charge >= 0.3 is 0 Å². The van der Waals surface area contributed by atoms with Gasteiger partial charge in [-0.15, -0.1) is 0 Å². The maximum absolute atomic E-state index is 13.1. The number of allylic oxidation sites excluding steroid dienone is 1. The van der Waals surface area contributed by atoms with Crippen molar-refractivity contribution in [3.63, 3.8) is 0 Å². The molecule has 0 bridgehead atoms. The van der Waals surface area contributed by atoms with Crippen LogP contribution in [0.4, 0.5) is 4.39 Å². The van der Waals surface area contributed by atoms with E-state index in [1.165, 1.54) is 18.2 Å². The molecule has 2 heterocycles. The summed E-state index contributed by atoms with van der Waals surface area (Å²) < 4.78 is 14.7. The SMILES string of the molecule is O=C(C=Cc1ccc(F)cc1)c1cn(-c2ccc(Cl)cc2)nc1-c1cccnc1. The average molecular weight is 404 g/mol. The summed E-state index contributed by atoms with van der Waals surface area (Å²) in [4.78, 5) is 17.0. The molecule has 4 nitrogen and oxygen atoms in total. The van der Waals surface area contributed by atoms with E-state index in [1.807, 2.05) is 18.2 Å². The Labute approximate surface area is 171 Å². The van der Waals surface area contributed by atoms with Crippen LogP contribution in [0.5, 0.6) is 0 Å². The predicted molar refractivity (Wildman–Crippen MR) is 112 cm³/mol. The number of nitrogens with zero attached hydrogens (tertiary/aromatic N) is 3. The third-order valence-electron chi connectivity index (χ3n) is 4.30. The van der Waals surface area contributed by atoms with Crippen molar-refractivity contribution in [2.24, 2.45) is 0 Å². The van der Waals surface area contributed by atoms with Gasteiger partial charge in [0.2, 0.25) is 0 Å². The lowest BCUT2D eigenvalue weighted by Crippen LogP contribution is -1.95.